The lowest BCUT2D eigenvalue weighted by atomic mass is 9.78. The van der Waals surface area contributed by atoms with Gasteiger partial charge in [0.15, 0.2) is 0 Å². The molecular weight excluding hydrogens is 282 g/mol. The fourth-order valence-electron chi connectivity index (χ4n) is 4.02. The molecule has 1 aromatic carbocycles. The summed E-state index contributed by atoms with van der Waals surface area (Å²) < 4.78 is 0. The SMILES string of the molecule is O=C(CCc1ccccc1Cl)N1CCCC2CCCCC21. The van der Waals surface area contributed by atoms with E-state index in [1.807, 2.05) is 24.3 Å². The molecule has 2 nitrogen and oxygen atoms in total. The number of hydrogen-bond acceptors (Lipinski definition) is 1. The van der Waals surface area contributed by atoms with Crippen molar-refractivity contribution in [3.05, 3.63) is 34.9 Å². The third kappa shape index (κ3) is 3.42. The Morgan fingerprint density at radius 2 is 1.90 bits per heavy atom. The van der Waals surface area contributed by atoms with Crippen molar-refractivity contribution in [2.45, 2.75) is 57.4 Å². The number of likely N-dealkylation sites (tertiary alicyclic amines) is 1. The summed E-state index contributed by atoms with van der Waals surface area (Å²) in [6, 6.07) is 8.37. The summed E-state index contributed by atoms with van der Waals surface area (Å²) in [6.07, 6.45) is 9.01. The number of piperidine rings is 1. The minimum absolute atomic E-state index is 0.325. The Balaban J connectivity index is 1.60. The third-order valence-electron chi connectivity index (χ3n) is 5.13. The fraction of sp³-hybridized carbons (Fsp3) is 0.611. The maximum atomic E-state index is 12.6. The summed E-state index contributed by atoms with van der Waals surface area (Å²) in [5.74, 6) is 1.09. The van der Waals surface area contributed by atoms with E-state index in [-0.39, 0.29) is 0 Å². The van der Waals surface area contributed by atoms with E-state index < -0.39 is 0 Å². The molecule has 1 heterocycles. The molecule has 0 spiro atoms. The first-order valence-electron chi connectivity index (χ1n) is 8.28. The second-order valence-electron chi connectivity index (χ2n) is 6.43. The van der Waals surface area contributed by atoms with Crippen LogP contribution >= 0.6 is 11.6 Å². The van der Waals surface area contributed by atoms with Crippen LogP contribution in [0.2, 0.25) is 5.02 Å². The molecule has 1 aliphatic heterocycles. The molecular formula is C18H24ClNO. The van der Waals surface area contributed by atoms with Gasteiger partial charge in [0.1, 0.15) is 0 Å². The highest BCUT2D eigenvalue weighted by molar-refractivity contribution is 6.31. The molecule has 1 aliphatic carbocycles. The predicted octanol–water partition coefficient (Wildman–Crippen LogP) is 4.45. The number of fused-ring (bicyclic) bond motifs is 1. The first-order valence-corrected chi connectivity index (χ1v) is 8.66. The minimum Gasteiger partial charge on any atom is -0.339 e. The number of aryl methyl sites for hydroxylation is 1. The van der Waals surface area contributed by atoms with Crippen LogP contribution in [0.25, 0.3) is 0 Å². The molecule has 114 valence electrons. The number of halogens is 1. The van der Waals surface area contributed by atoms with Crippen LogP contribution in [0.15, 0.2) is 24.3 Å². The van der Waals surface area contributed by atoms with Crippen LogP contribution in [0.3, 0.4) is 0 Å². The van der Waals surface area contributed by atoms with Gasteiger partial charge in [0.25, 0.3) is 0 Å². The Morgan fingerprint density at radius 3 is 2.76 bits per heavy atom. The summed E-state index contributed by atoms with van der Waals surface area (Å²) in [7, 11) is 0. The van der Waals surface area contributed by atoms with Gasteiger partial charge in [-0.15, -0.1) is 0 Å². The van der Waals surface area contributed by atoms with Gasteiger partial charge in [-0.1, -0.05) is 42.6 Å². The van der Waals surface area contributed by atoms with E-state index in [0.29, 0.717) is 18.4 Å². The quantitative estimate of drug-likeness (QED) is 0.807. The molecule has 1 saturated carbocycles. The number of carbonyl (C=O) groups excluding carboxylic acids is 1. The van der Waals surface area contributed by atoms with E-state index in [1.165, 1.54) is 38.5 Å². The van der Waals surface area contributed by atoms with E-state index in [1.54, 1.807) is 0 Å². The average Bonchev–Trinajstić information content (AvgIpc) is 2.53. The molecule has 1 amide bonds. The summed E-state index contributed by atoms with van der Waals surface area (Å²) in [5.41, 5.74) is 1.09. The number of amides is 1. The van der Waals surface area contributed by atoms with E-state index in [2.05, 4.69) is 4.90 Å². The second-order valence-corrected chi connectivity index (χ2v) is 6.84. The van der Waals surface area contributed by atoms with Gasteiger partial charge in [0.2, 0.25) is 5.91 Å². The molecule has 2 aliphatic rings. The summed E-state index contributed by atoms with van der Waals surface area (Å²) >= 11 is 6.18. The van der Waals surface area contributed by atoms with Crippen molar-refractivity contribution in [2.75, 3.05) is 6.54 Å². The third-order valence-corrected chi connectivity index (χ3v) is 5.50. The number of benzene rings is 1. The Kier molecular flexibility index (Phi) is 4.84. The van der Waals surface area contributed by atoms with Crippen LogP contribution < -0.4 is 0 Å². The van der Waals surface area contributed by atoms with Crippen molar-refractivity contribution in [3.8, 4) is 0 Å². The Bertz CT molecular complexity index is 500. The zero-order valence-electron chi connectivity index (χ0n) is 12.6. The normalized spacial score (nSPS) is 25.5. The maximum absolute atomic E-state index is 12.6. The highest BCUT2D eigenvalue weighted by atomic mass is 35.5. The lowest BCUT2D eigenvalue weighted by Crippen LogP contribution is -2.49. The molecule has 21 heavy (non-hydrogen) atoms. The molecule has 2 unspecified atom stereocenters. The zero-order chi connectivity index (χ0) is 14.7. The van der Waals surface area contributed by atoms with Gasteiger partial charge < -0.3 is 4.90 Å². The predicted molar refractivity (Wildman–Crippen MR) is 86.5 cm³/mol. The lowest BCUT2D eigenvalue weighted by molar-refractivity contribution is -0.137. The van der Waals surface area contributed by atoms with Crippen LogP contribution in [0.5, 0.6) is 0 Å². The van der Waals surface area contributed by atoms with E-state index in [0.717, 1.165) is 29.5 Å². The first-order chi connectivity index (χ1) is 10.3. The molecule has 1 saturated heterocycles. The molecule has 3 rings (SSSR count). The lowest BCUT2D eigenvalue weighted by Gasteiger charge is -2.44. The van der Waals surface area contributed by atoms with Crippen molar-refractivity contribution >= 4 is 17.5 Å². The molecule has 0 bridgehead atoms. The Hall–Kier alpha value is -1.02. The van der Waals surface area contributed by atoms with Gasteiger partial charge in [-0.05, 0) is 49.7 Å². The highest BCUT2D eigenvalue weighted by Gasteiger charge is 2.35. The number of carbonyl (C=O) groups is 1. The smallest absolute Gasteiger partial charge is 0.223 e. The molecule has 2 atom stereocenters. The average molecular weight is 306 g/mol. The van der Waals surface area contributed by atoms with Gasteiger partial charge in [-0.2, -0.15) is 0 Å². The first kappa shape index (κ1) is 14.9. The zero-order valence-corrected chi connectivity index (χ0v) is 13.3. The van der Waals surface area contributed by atoms with E-state index in [9.17, 15) is 4.79 Å². The number of hydrogen-bond donors (Lipinski definition) is 0. The highest BCUT2D eigenvalue weighted by Crippen LogP contribution is 2.35. The van der Waals surface area contributed by atoms with Crippen LogP contribution in [0.1, 0.15) is 50.5 Å². The van der Waals surface area contributed by atoms with Gasteiger partial charge in [0.05, 0.1) is 0 Å². The molecule has 0 radical (unpaired) electrons. The van der Waals surface area contributed by atoms with Crippen molar-refractivity contribution in [1.82, 2.24) is 4.90 Å². The number of rotatable bonds is 3. The Labute approximate surface area is 132 Å². The van der Waals surface area contributed by atoms with Crippen LogP contribution in [-0.4, -0.2) is 23.4 Å². The standard InChI is InChI=1S/C18H24ClNO/c19-16-9-3-1-6-14(16)11-12-18(21)20-13-5-8-15-7-2-4-10-17(15)20/h1,3,6,9,15,17H,2,4-5,7-8,10-13H2. The van der Waals surface area contributed by atoms with Crippen LogP contribution in [0.4, 0.5) is 0 Å². The van der Waals surface area contributed by atoms with E-state index in [4.69, 9.17) is 11.6 Å². The molecule has 3 heteroatoms. The number of nitrogens with zero attached hydrogens (tertiary/aromatic N) is 1. The van der Waals surface area contributed by atoms with Gasteiger partial charge in [-0.3, -0.25) is 4.79 Å². The summed E-state index contributed by atoms with van der Waals surface area (Å²) in [6.45, 7) is 0.961. The largest absolute Gasteiger partial charge is 0.339 e. The van der Waals surface area contributed by atoms with Gasteiger partial charge >= 0.3 is 0 Å². The van der Waals surface area contributed by atoms with Crippen molar-refractivity contribution in [3.63, 3.8) is 0 Å². The van der Waals surface area contributed by atoms with Crippen molar-refractivity contribution in [2.24, 2.45) is 5.92 Å². The summed E-state index contributed by atoms with van der Waals surface area (Å²) in [5, 5.41) is 0.777. The topological polar surface area (TPSA) is 20.3 Å². The fourth-order valence-corrected chi connectivity index (χ4v) is 4.25. The Morgan fingerprint density at radius 1 is 1.14 bits per heavy atom. The molecule has 0 aromatic heterocycles. The van der Waals surface area contributed by atoms with Crippen molar-refractivity contribution in [1.29, 1.82) is 0 Å². The maximum Gasteiger partial charge on any atom is 0.223 e. The molecule has 2 fully saturated rings. The van der Waals surface area contributed by atoms with Crippen LogP contribution in [0, 0.1) is 5.92 Å². The molecule has 0 N–H and O–H groups in total. The van der Waals surface area contributed by atoms with Crippen molar-refractivity contribution < 1.29 is 4.79 Å². The van der Waals surface area contributed by atoms with Crippen LogP contribution in [-0.2, 0) is 11.2 Å². The second kappa shape index (κ2) is 6.83. The monoisotopic (exact) mass is 305 g/mol. The minimum atomic E-state index is 0.325. The van der Waals surface area contributed by atoms with E-state index >= 15 is 0 Å². The summed E-state index contributed by atoms with van der Waals surface area (Å²) in [4.78, 5) is 14.8. The van der Waals surface area contributed by atoms with Gasteiger partial charge in [-0.25, -0.2) is 0 Å². The molecule has 1 aromatic rings. The van der Waals surface area contributed by atoms with Gasteiger partial charge in [0, 0.05) is 24.0 Å².